The highest BCUT2D eigenvalue weighted by atomic mass is 16.7. The second kappa shape index (κ2) is 8.15. The molecule has 0 aromatic rings. The van der Waals surface area contributed by atoms with Crippen molar-refractivity contribution in [2.75, 3.05) is 13.3 Å². The van der Waals surface area contributed by atoms with E-state index in [-0.39, 0.29) is 25.1 Å². The van der Waals surface area contributed by atoms with Crippen molar-refractivity contribution in [1.29, 1.82) is 0 Å². The first-order valence-corrected chi connectivity index (χ1v) is 6.69. The molecule has 0 aromatic heterocycles. The summed E-state index contributed by atoms with van der Waals surface area (Å²) < 4.78 is 9.74. The molecule has 0 unspecified atom stereocenters. The lowest BCUT2D eigenvalue weighted by molar-refractivity contribution is -0.173. The Kier molecular flexibility index (Phi) is 7.68. The van der Waals surface area contributed by atoms with Crippen molar-refractivity contribution in [3.63, 3.8) is 0 Å². The van der Waals surface area contributed by atoms with E-state index in [1.807, 2.05) is 0 Å². The summed E-state index contributed by atoms with van der Waals surface area (Å²) in [6.45, 7) is 9.51. The van der Waals surface area contributed by atoms with Gasteiger partial charge in [0.15, 0.2) is 0 Å². The average Bonchev–Trinajstić information content (AvgIpc) is 2.25. The maximum Gasteiger partial charge on any atom is 0.314 e. The van der Waals surface area contributed by atoms with Gasteiger partial charge in [0, 0.05) is 6.42 Å². The van der Waals surface area contributed by atoms with E-state index >= 15 is 0 Å². The molecule has 0 aliphatic rings. The van der Waals surface area contributed by atoms with Crippen molar-refractivity contribution in [1.82, 2.24) is 0 Å². The van der Waals surface area contributed by atoms with E-state index < -0.39 is 11.4 Å². The molecule has 0 aliphatic heterocycles. The Balaban J connectivity index is 3.96. The van der Waals surface area contributed by atoms with Gasteiger partial charge in [-0.3, -0.25) is 9.59 Å². The molecule has 0 aromatic carbocycles. The number of ether oxygens (including phenoxy) is 2. The summed E-state index contributed by atoms with van der Waals surface area (Å²) in [4.78, 5) is 23.0. The first-order chi connectivity index (χ1) is 8.66. The fourth-order valence-corrected chi connectivity index (χ4v) is 1.59. The highest BCUT2D eigenvalue weighted by Crippen LogP contribution is 2.16. The molecule has 1 atom stereocenters. The van der Waals surface area contributed by atoms with Crippen LogP contribution in [-0.2, 0) is 19.1 Å². The summed E-state index contributed by atoms with van der Waals surface area (Å²) in [5.74, 6) is -0.165. The predicted octanol–water partition coefficient (Wildman–Crippen LogP) is 2.09. The predicted molar refractivity (Wildman–Crippen MR) is 73.1 cm³/mol. The Morgan fingerprint density at radius 2 is 1.74 bits per heavy atom. The minimum absolute atomic E-state index is 0.116. The second-order valence-electron chi connectivity index (χ2n) is 6.25. The molecule has 0 spiro atoms. The van der Waals surface area contributed by atoms with Gasteiger partial charge in [0.2, 0.25) is 6.79 Å². The molecular weight excluding hydrogens is 246 g/mol. The van der Waals surface area contributed by atoms with Crippen molar-refractivity contribution >= 4 is 11.9 Å². The first-order valence-electron chi connectivity index (χ1n) is 6.69. The van der Waals surface area contributed by atoms with Gasteiger partial charge in [0.1, 0.15) is 0 Å². The van der Waals surface area contributed by atoms with Gasteiger partial charge in [-0.1, -0.05) is 13.8 Å². The second-order valence-corrected chi connectivity index (χ2v) is 6.25. The van der Waals surface area contributed by atoms with Crippen molar-refractivity contribution < 1.29 is 19.1 Å². The maximum absolute atomic E-state index is 11.6. The van der Waals surface area contributed by atoms with Gasteiger partial charge in [-0.25, -0.2) is 0 Å². The van der Waals surface area contributed by atoms with Gasteiger partial charge >= 0.3 is 11.9 Å². The van der Waals surface area contributed by atoms with Gasteiger partial charge in [-0.2, -0.15) is 0 Å². The third-order valence-electron chi connectivity index (χ3n) is 2.62. The topological polar surface area (TPSA) is 78.6 Å². The maximum atomic E-state index is 11.6. The van der Waals surface area contributed by atoms with E-state index in [0.29, 0.717) is 12.5 Å². The third-order valence-corrected chi connectivity index (χ3v) is 2.62. The monoisotopic (exact) mass is 273 g/mol. The summed E-state index contributed by atoms with van der Waals surface area (Å²) in [6, 6.07) is 0. The molecule has 2 N–H and O–H groups in total. The summed E-state index contributed by atoms with van der Waals surface area (Å²) in [5.41, 5.74) is 5.02. The van der Waals surface area contributed by atoms with Crippen molar-refractivity contribution in [2.45, 2.75) is 47.5 Å². The lowest BCUT2D eigenvalue weighted by Crippen LogP contribution is -2.26. The molecule has 0 fully saturated rings. The third kappa shape index (κ3) is 8.59. The summed E-state index contributed by atoms with van der Waals surface area (Å²) in [6.07, 6.45) is 1.15. The zero-order valence-corrected chi connectivity index (χ0v) is 12.7. The SMILES string of the molecule is CC(C)C[C@H](CN)CC(=O)OCOC(=O)C(C)(C)C. The van der Waals surface area contributed by atoms with Crippen LogP contribution in [0.5, 0.6) is 0 Å². The Labute approximate surface area is 115 Å². The number of esters is 2. The summed E-state index contributed by atoms with van der Waals surface area (Å²) in [5, 5.41) is 0. The van der Waals surface area contributed by atoms with Gasteiger partial charge in [0.25, 0.3) is 0 Å². The lowest BCUT2D eigenvalue weighted by Gasteiger charge is -2.18. The largest absolute Gasteiger partial charge is 0.428 e. The Morgan fingerprint density at radius 3 is 2.16 bits per heavy atom. The normalized spacial score (nSPS) is 13.2. The summed E-state index contributed by atoms with van der Waals surface area (Å²) >= 11 is 0. The molecule has 0 aliphatic carbocycles. The van der Waals surface area contributed by atoms with Crippen LogP contribution in [0.2, 0.25) is 0 Å². The zero-order valence-electron chi connectivity index (χ0n) is 12.7. The minimum Gasteiger partial charge on any atom is -0.428 e. The number of carbonyl (C=O) groups is 2. The molecule has 5 nitrogen and oxygen atoms in total. The Hall–Kier alpha value is -1.10. The van der Waals surface area contributed by atoms with Crippen LogP contribution in [0, 0.1) is 17.3 Å². The van der Waals surface area contributed by atoms with Crippen LogP contribution in [-0.4, -0.2) is 25.3 Å². The Bertz CT molecular complexity index is 294. The van der Waals surface area contributed by atoms with Crippen LogP contribution in [0.4, 0.5) is 0 Å². The average molecular weight is 273 g/mol. The van der Waals surface area contributed by atoms with Crippen LogP contribution in [0.1, 0.15) is 47.5 Å². The van der Waals surface area contributed by atoms with E-state index in [1.54, 1.807) is 20.8 Å². The minimum atomic E-state index is -0.593. The van der Waals surface area contributed by atoms with Crippen LogP contribution in [0.25, 0.3) is 0 Å². The molecule has 0 bridgehead atoms. The van der Waals surface area contributed by atoms with E-state index in [2.05, 4.69) is 13.8 Å². The van der Waals surface area contributed by atoms with E-state index in [1.165, 1.54) is 0 Å². The fourth-order valence-electron chi connectivity index (χ4n) is 1.59. The number of carbonyl (C=O) groups excluding carboxylic acids is 2. The van der Waals surface area contributed by atoms with Crippen molar-refractivity contribution in [3.8, 4) is 0 Å². The smallest absolute Gasteiger partial charge is 0.314 e. The van der Waals surface area contributed by atoms with E-state index in [4.69, 9.17) is 15.2 Å². The number of rotatable bonds is 7. The van der Waals surface area contributed by atoms with Crippen LogP contribution < -0.4 is 5.73 Å². The van der Waals surface area contributed by atoms with Crippen molar-refractivity contribution in [3.05, 3.63) is 0 Å². The molecule has 0 radical (unpaired) electrons. The molecule has 112 valence electrons. The van der Waals surface area contributed by atoms with Crippen LogP contribution in [0.15, 0.2) is 0 Å². The quantitative estimate of drug-likeness (QED) is 0.567. The number of hydrogen-bond acceptors (Lipinski definition) is 5. The molecule has 5 heteroatoms. The van der Waals surface area contributed by atoms with Gasteiger partial charge in [0.05, 0.1) is 5.41 Å². The van der Waals surface area contributed by atoms with Gasteiger partial charge in [-0.05, 0) is 45.6 Å². The molecule has 0 saturated heterocycles. The molecule has 19 heavy (non-hydrogen) atoms. The lowest BCUT2D eigenvalue weighted by atomic mass is 9.94. The van der Waals surface area contributed by atoms with Gasteiger partial charge < -0.3 is 15.2 Å². The highest BCUT2D eigenvalue weighted by molar-refractivity contribution is 5.75. The molecule has 0 rings (SSSR count). The van der Waals surface area contributed by atoms with Crippen LogP contribution >= 0.6 is 0 Å². The molecule has 0 saturated carbocycles. The first kappa shape index (κ1) is 17.9. The van der Waals surface area contributed by atoms with Gasteiger partial charge in [-0.15, -0.1) is 0 Å². The molecular formula is C14H27NO4. The van der Waals surface area contributed by atoms with Crippen molar-refractivity contribution in [2.24, 2.45) is 23.0 Å². The summed E-state index contributed by atoms with van der Waals surface area (Å²) in [7, 11) is 0. The number of nitrogens with two attached hydrogens (primary N) is 1. The fraction of sp³-hybridized carbons (Fsp3) is 0.857. The van der Waals surface area contributed by atoms with E-state index in [0.717, 1.165) is 6.42 Å². The zero-order chi connectivity index (χ0) is 15.1. The van der Waals surface area contributed by atoms with Crippen LogP contribution in [0.3, 0.4) is 0 Å². The van der Waals surface area contributed by atoms with E-state index in [9.17, 15) is 9.59 Å². The Morgan fingerprint density at radius 1 is 1.16 bits per heavy atom. The number of hydrogen-bond donors (Lipinski definition) is 1. The highest BCUT2D eigenvalue weighted by Gasteiger charge is 2.23. The molecule has 0 amide bonds. The molecule has 0 heterocycles. The standard InChI is InChI=1S/C14H27NO4/c1-10(2)6-11(8-15)7-12(16)18-9-19-13(17)14(3,4)5/h10-11H,6-9,15H2,1-5H3/t11-/m0/s1.